The Morgan fingerprint density at radius 2 is 1.78 bits per heavy atom. The quantitative estimate of drug-likeness (QED) is 0.777. The molecule has 0 bridgehead atoms. The Bertz CT molecular complexity index is 496. The summed E-state index contributed by atoms with van der Waals surface area (Å²) < 4.78 is 0. The number of nitrogens with one attached hydrogen (secondary N) is 1. The number of carbonyl (C=O) groups is 1. The molecule has 126 valence electrons. The first-order valence-electron chi connectivity index (χ1n) is 8.64. The zero-order valence-corrected chi connectivity index (χ0v) is 13.7. The Morgan fingerprint density at radius 1 is 1.13 bits per heavy atom. The minimum atomic E-state index is -0.157. The van der Waals surface area contributed by atoms with Crippen molar-refractivity contribution < 1.29 is 9.90 Å². The van der Waals surface area contributed by atoms with Crippen LogP contribution in [0.2, 0.25) is 0 Å². The van der Waals surface area contributed by atoms with Gasteiger partial charge in [-0.05, 0) is 24.3 Å². The molecule has 5 heteroatoms. The molecular formula is C18H27N3O2. The molecule has 1 heterocycles. The van der Waals surface area contributed by atoms with E-state index in [1.54, 1.807) is 0 Å². The third kappa shape index (κ3) is 5.30. The van der Waals surface area contributed by atoms with Gasteiger partial charge in [-0.15, -0.1) is 0 Å². The maximum absolute atomic E-state index is 12.0. The largest absolute Gasteiger partial charge is 0.392 e. The number of aliphatic hydroxyl groups is 1. The van der Waals surface area contributed by atoms with Crippen LogP contribution in [0.5, 0.6) is 0 Å². The fraction of sp³-hybridized carbons (Fsp3) is 0.611. The van der Waals surface area contributed by atoms with E-state index in [0.29, 0.717) is 19.0 Å². The van der Waals surface area contributed by atoms with Gasteiger partial charge in [0, 0.05) is 39.3 Å². The molecule has 3 rings (SSSR count). The highest BCUT2D eigenvalue weighted by Crippen LogP contribution is 2.32. The van der Waals surface area contributed by atoms with Crippen LogP contribution in [0.4, 0.5) is 0 Å². The number of aliphatic hydroxyl groups excluding tert-OH is 1. The molecule has 1 amide bonds. The molecule has 1 aromatic rings. The van der Waals surface area contributed by atoms with Crippen molar-refractivity contribution in [1.29, 1.82) is 0 Å². The summed E-state index contributed by atoms with van der Waals surface area (Å²) in [6, 6.07) is 9.98. The number of amides is 1. The van der Waals surface area contributed by atoms with E-state index in [1.165, 1.54) is 12.8 Å². The van der Waals surface area contributed by atoms with Crippen molar-refractivity contribution in [3.05, 3.63) is 35.9 Å². The van der Waals surface area contributed by atoms with E-state index in [2.05, 4.69) is 15.1 Å². The molecule has 1 aliphatic carbocycles. The van der Waals surface area contributed by atoms with Gasteiger partial charge in [-0.1, -0.05) is 30.3 Å². The average molecular weight is 317 g/mol. The molecule has 0 radical (unpaired) electrons. The van der Waals surface area contributed by atoms with Crippen LogP contribution in [-0.2, 0) is 11.3 Å². The van der Waals surface area contributed by atoms with Crippen molar-refractivity contribution >= 4 is 5.91 Å². The van der Waals surface area contributed by atoms with Gasteiger partial charge in [0.05, 0.1) is 12.6 Å². The van der Waals surface area contributed by atoms with E-state index in [0.717, 1.165) is 38.3 Å². The van der Waals surface area contributed by atoms with E-state index in [1.807, 2.05) is 30.3 Å². The molecule has 2 aliphatic rings. The standard InChI is InChI=1S/C18H27N3O2/c22-17(16-6-7-16)13-20-8-10-21(11-9-20)14-18(23)19-12-15-4-2-1-3-5-15/h1-5,16-17,22H,6-14H2,(H,19,23). The molecule has 1 aromatic carbocycles. The number of hydrogen-bond acceptors (Lipinski definition) is 4. The van der Waals surface area contributed by atoms with Crippen molar-refractivity contribution in [3.8, 4) is 0 Å². The Hall–Kier alpha value is -1.43. The van der Waals surface area contributed by atoms with Crippen LogP contribution in [0, 0.1) is 5.92 Å². The average Bonchev–Trinajstić information content (AvgIpc) is 3.41. The predicted octanol–water partition coefficient (Wildman–Crippen LogP) is 0.691. The Labute approximate surface area is 138 Å². The van der Waals surface area contributed by atoms with Crippen LogP contribution >= 0.6 is 0 Å². The highest BCUT2D eigenvalue weighted by Gasteiger charge is 2.31. The summed E-state index contributed by atoms with van der Waals surface area (Å²) in [5, 5.41) is 13.0. The van der Waals surface area contributed by atoms with E-state index < -0.39 is 0 Å². The van der Waals surface area contributed by atoms with Gasteiger partial charge in [0.25, 0.3) is 0 Å². The van der Waals surface area contributed by atoms with Gasteiger partial charge < -0.3 is 10.4 Å². The molecule has 1 unspecified atom stereocenters. The van der Waals surface area contributed by atoms with Crippen molar-refractivity contribution in [2.75, 3.05) is 39.3 Å². The molecule has 2 fully saturated rings. The van der Waals surface area contributed by atoms with Gasteiger partial charge in [0.2, 0.25) is 5.91 Å². The maximum Gasteiger partial charge on any atom is 0.234 e. The van der Waals surface area contributed by atoms with E-state index in [9.17, 15) is 9.90 Å². The second-order valence-corrected chi connectivity index (χ2v) is 6.74. The van der Waals surface area contributed by atoms with Crippen LogP contribution in [0.3, 0.4) is 0 Å². The normalized spacial score (nSPS) is 21.1. The van der Waals surface area contributed by atoms with E-state index in [-0.39, 0.29) is 12.0 Å². The smallest absolute Gasteiger partial charge is 0.234 e. The second-order valence-electron chi connectivity index (χ2n) is 6.74. The molecule has 0 spiro atoms. The number of piperazine rings is 1. The van der Waals surface area contributed by atoms with Crippen molar-refractivity contribution in [3.63, 3.8) is 0 Å². The van der Waals surface area contributed by atoms with E-state index >= 15 is 0 Å². The fourth-order valence-corrected chi connectivity index (χ4v) is 3.08. The first-order valence-corrected chi connectivity index (χ1v) is 8.64. The second kappa shape index (κ2) is 7.90. The highest BCUT2D eigenvalue weighted by atomic mass is 16.3. The van der Waals surface area contributed by atoms with Gasteiger partial charge in [0.1, 0.15) is 0 Å². The van der Waals surface area contributed by atoms with Crippen LogP contribution < -0.4 is 5.32 Å². The Morgan fingerprint density at radius 3 is 2.43 bits per heavy atom. The summed E-state index contributed by atoms with van der Waals surface area (Å²) in [5.74, 6) is 0.622. The van der Waals surface area contributed by atoms with Gasteiger partial charge >= 0.3 is 0 Å². The van der Waals surface area contributed by atoms with Crippen molar-refractivity contribution in [2.45, 2.75) is 25.5 Å². The molecule has 1 atom stereocenters. The van der Waals surface area contributed by atoms with Crippen molar-refractivity contribution in [1.82, 2.24) is 15.1 Å². The SMILES string of the molecule is O=C(CN1CCN(CC(O)C2CC2)CC1)NCc1ccccc1. The maximum atomic E-state index is 12.0. The molecule has 23 heavy (non-hydrogen) atoms. The van der Waals surface area contributed by atoms with Gasteiger partial charge in [0.15, 0.2) is 0 Å². The van der Waals surface area contributed by atoms with Crippen LogP contribution in [0.15, 0.2) is 30.3 Å². The van der Waals surface area contributed by atoms with E-state index in [4.69, 9.17) is 0 Å². The third-order valence-electron chi connectivity index (χ3n) is 4.78. The first kappa shape index (κ1) is 16.4. The number of hydrogen-bond donors (Lipinski definition) is 2. The summed E-state index contributed by atoms with van der Waals surface area (Å²) in [6.07, 6.45) is 2.21. The highest BCUT2D eigenvalue weighted by molar-refractivity contribution is 5.78. The lowest BCUT2D eigenvalue weighted by atomic mass is 10.2. The van der Waals surface area contributed by atoms with Crippen LogP contribution in [0.25, 0.3) is 0 Å². The van der Waals surface area contributed by atoms with Crippen molar-refractivity contribution in [2.24, 2.45) is 5.92 Å². The van der Waals surface area contributed by atoms with Crippen LogP contribution in [-0.4, -0.2) is 66.2 Å². The number of nitrogens with zero attached hydrogens (tertiary/aromatic N) is 2. The molecule has 1 aliphatic heterocycles. The summed E-state index contributed by atoms with van der Waals surface area (Å²) in [5.41, 5.74) is 1.12. The molecule has 2 N–H and O–H groups in total. The zero-order valence-electron chi connectivity index (χ0n) is 13.7. The Kier molecular flexibility index (Phi) is 5.65. The summed E-state index contributed by atoms with van der Waals surface area (Å²) in [6.45, 7) is 5.52. The number of benzene rings is 1. The minimum absolute atomic E-state index is 0.0836. The Balaban J connectivity index is 1.32. The van der Waals surface area contributed by atoms with Gasteiger partial charge in [-0.2, -0.15) is 0 Å². The lowest BCUT2D eigenvalue weighted by Gasteiger charge is -2.35. The molecular weight excluding hydrogens is 290 g/mol. The topological polar surface area (TPSA) is 55.8 Å². The minimum Gasteiger partial charge on any atom is -0.392 e. The summed E-state index contributed by atoms with van der Waals surface area (Å²) >= 11 is 0. The number of β-amino-alcohol motifs (C(OH)–C–C–N with tert-alkyl or cyclic N) is 1. The molecule has 1 saturated carbocycles. The van der Waals surface area contributed by atoms with Gasteiger partial charge in [-0.25, -0.2) is 0 Å². The summed E-state index contributed by atoms with van der Waals surface area (Å²) in [7, 11) is 0. The molecule has 0 aromatic heterocycles. The first-order chi connectivity index (χ1) is 11.2. The fourth-order valence-electron chi connectivity index (χ4n) is 3.08. The van der Waals surface area contributed by atoms with Gasteiger partial charge in [-0.3, -0.25) is 14.6 Å². The summed E-state index contributed by atoms with van der Waals surface area (Å²) in [4.78, 5) is 16.6. The monoisotopic (exact) mass is 317 g/mol. The lowest BCUT2D eigenvalue weighted by Crippen LogP contribution is -2.51. The zero-order chi connectivity index (χ0) is 16.1. The van der Waals surface area contributed by atoms with Crippen LogP contribution in [0.1, 0.15) is 18.4 Å². The lowest BCUT2D eigenvalue weighted by molar-refractivity contribution is -0.122. The molecule has 5 nitrogen and oxygen atoms in total. The molecule has 1 saturated heterocycles. The third-order valence-corrected chi connectivity index (χ3v) is 4.78. The predicted molar refractivity (Wildman–Crippen MR) is 89.9 cm³/mol. The number of carbonyl (C=O) groups excluding carboxylic acids is 1. The number of rotatable bonds is 7.